The molecule has 0 aromatic rings. The van der Waals surface area contributed by atoms with Crippen molar-refractivity contribution in [1.82, 2.24) is 4.90 Å². The van der Waals surface area contributed by atoms with Gasteiger partial charge in [-0.25, -0.2) is 0 Å². The number of alkyl halides is 3. The normalized spacial score (nSPS) is 23.8. The number of nitrogens with zero attached hydrogens (tertiary/aromatic N) is 1. The van der Waals surface area contributed by atoms with Crippen LogP contribution in [0, 0.1) is 5.92 Å². The molecule has 14 heavy (non-hydrogen) atoms. The highest BCUT2D eigenvalue weighted by atomic mass is 127. The quantitative estimate of drug-likeness (QED) is 0.725. The van der Waals surface area contributed by atoms with Gasteiger partial charge < -0.3 is 7.97 Å². The maximum atomic E-state index is 12.5. The average molecular weight is 323 g/mol. The zero-order chi connectivity index (χ0) is 10.8. The molecule has 1 fully saturated rings. The molecule has 1 unspecified atom stereocenters. The lowest BCUT2D eigenvalue weighted by atomic mass is 9.91. The topological polar surface area (TPSA) is 12.5 Å². The van der Waals surface area contributed by atoms with Gasteiger partial charge in [-0.1, -0.05) is 0 Å². The Balaban J connectivity index is 2.54. The number of rotatable bonds is 2. The molecule has 1 aliphatic heterocycles. The monoisotopic (exact) mass is 323 g/mol. The van der Waals surface area contributed by atoms with E-state index in [-0.39, 0.29) is 5.92 Å². The smallest absolute Gasteiger partial charge is 0.306 e. The van der Waals surface area contributed by atoms with Crippen LogP contribution in [0.3, 0.4) is 0 Å². The molecular formula is C8H13F3INO. The molecule has 84 valence electrons. The second-order valence-corrected chi connectivity index (χ2v) is 4.20. The van der Waals surface area contributed by atoms with Gasteiger partial charge in [0.2, 0.25) is 0 Å². The van der Waals surface area contributed by atoms with E-state index in [0.717, 1.165) is 13.1 Å². The van der Waals surface area contributed by atoms with E-state index in [1.165, 1.54) is 23.0 Å². The van der Waals surface area contributed by atoms with Gasteiger partial charge in [-0.2, -0.15) is 13.2 Å². The van der Waals surface area contributed by atoms with E-state index in [1.807, 2.05) is 11.9 Å². The number of halogens is 4. The SMILES string of the molecule is CN1CCC(C(OI)C(F)(F)F)CC1. The Bertz CT molecular complexity index is 180. The highest BCUT2D eigenvalue weighted by Gasteiger charge is 2.46. The van der Waals surface area contributed by atoms with Crippen molar-refractivity contribution in [2.75, 3.05) is 20.1 Å². The standard InChI is InChI=1S/C8H13F3INO/c1-13-4-2-6(3-5-13)7(14-12)8(9,10)11/h6-7H,2-5H2,1H3. The first-order valence-electron chi connectivity index (χ1n) is 4.48. The molecular weight excluding hydrogens is 310 g/mol. The van der Waals surface area contributed by atoms with Gasteiger partial charge in [0, 0.05) is 0 Å². The molecule has 0 radical (unpaired) electrons. The van der Waals surface area contributed by atoms with Crippen LogP contribution < -0.4 is 0 Å². The van der Waals surface area contributed by atoms with E-state index in [0.29, 0.717) is 12.8 Å². The van der Waals surface area contributed by atoms with Crippen LogP contribution in [-0.2, 0) is 3.07 Å². The Hall–Kier alpha value is 0.440. The number of likely N-dealkylation sites (tertiary alicyclic amines) is 1. The van der Waals surface area contributed by atoms with Crippen LogP contribution in [0.5, 0.6) is 0 Å². The summed E-state index contributed by atoms with van der Waals surface area (Å²) in [7, 11) is 1.92. The second kappa shape index (κ2) is 4.98. The molecule has 0 aromatic carbocycles. The van der Waals surface area contributed by atoms with Crippen LogP contribution in [-0.4, -0.2) is 37.3 Å². The average Bonchev–Trinajstić information content (AvgIpc) is 2.07. The molecule has 0 amide bonds. The maximum Gasteiger partial charge on any atom is 0.415 e. The summed E-state index contributed by atoms with van der Waals surface area (Å²) in [5.41, 5.74) is 0. The Labute approximate surface area is 95.5 Å². The van der Waals surface area contributed by atoms with Crippen LogP contribution in [0.25, 0.3) is 0 Å². The van der Waals surface area contributed by atoms with Crippen molar-refractivity contribution >= 4 is 23.0 Å². The van der Waals surface area contributed by atoms with Crippen LogP contribution in [0.2, 0.25) is 0 Å². The minimum absolute atomic E-state index is 0.386. The minimum atomic E-state index is -4.23. The predicted molar refractivity (Wildman–Crippen MR) is 55.2 cm³/mol. The fourth-order valence-electron chi connectivity index (χ4n) is 1.72. The molecule has 6 heteroatoms. The minimum Gasteiger partial charge on any atom is -0.306 e. The molecule has 0 aliphatic carbocycles. The van der Waals surface area contributed by atoms with E-state index in [2.05, 4.69) is 3.07 Å². The first-order chi connectivity index (χ1) is 6.45. The van der Waals surface area contributed by atoms with Gasteiger partial charge in [-0.15, -0.1) is 0 Å². The summed E-state index contributed by atoms with van der Waals surface area (Å²) in [4.78, 5) is 2.04. The van der Waals surface area contributed by atoms with Crippen LogP contribution in [0.1, 0.15) is 12.8 Å². The van der Waals surface area contributed by atoms with E-state index >= 15 is 0 Å². The van der Waals surface area contributed by atoms with Gasteiger partial charge >= 0.3 is 6.18 Å². The largest absolute Gasteiger partial charge is 0.415 e. The summed E-state index contributed by atoms with van der Waals surface area (Å²) in [5.74, 6) is -0.386. The molecule has 0 bridgehead atoms. The zero-order valence-corrected chi connectivity index (χ0v) is 10.0. The Morgan fingerprint density at radius 1 is 1.36 bits per heavy atom. The first-order valence-corrected chi connectivity index (χ1v) is 5.36. The van der Waals surface area contributed by atoms with Gasteiger partial charge in [0.05, 0.1) is 0 Å². The van der Waals surface area contributed by atoms with E-state index in [9.17, 15) is 13.2 Å². The van der Waals surface area contributed by atoms with Gasteiger partial charge in [-0.05, 0) is 38.9 Å². The molecule has 1 heterocycles. The van der Waals surface area contributed by atoms with Crippen molar-refractivity contribution in [3.63, 3.8) is 0 Å². The number of hydrogen-bond acceptors (Lipinski definition) is 2. The fraction of sp³-hybridized carbons (Fsp3) is 1.00. The molecule has 0 spiro atoms. The molecule has 1 atom stereocenters. The lowest BCUT2D eigenvalue weighted by Gasteiger charge is -2.33. The lowest BCUT2D eigenvalue weighted by Crippen LogP contribution is -2.42. The van der Waals surface area contributed by atoms with Crippen molar-refractivity contribution in [3.05, 3.63) is 0 Å². The third-order valence-electron chi connectivity index (χ3n) is 2.61. The summed E-state index contributed by atoms with van der Waals surface area (Å²) in [5, 5.41) is 0. The van der Waals surface area contributed by atoms with E-state index in [1.54, 1.807) is 0 Å². The fourth-order valence-corrected chi connectivity index (χ4v) is 2.43. The second-order valence-electron chi connectivity index (χ2n) is 3.69. The third-order valence-corrected chi connectivity index (χ3v) is 3.16. The van der Waals surface area contributed by atoms with Gasteiger partial charge in [0.1, 0.15) is 23.0 Å². The molecule has 1 saturated heterocycles. The van der Waals surface area contributed by atoms with Crippen LogP contribution in [0.15, 0.2) is 0 Å². The zero-order valence-electron chi connectivity index (χ0n) is 7.85. The van der Waals surface area contributed by atoms with Crippen molar-refractivity contribution in [2.24, 2.45) is 5.92 Å². The lowest BCUT2D eigenvalue weighted by molar-refractivity contribution is -0.204. The number of hydrogen-bond donors (Lipinski definition) is 0. The number of piperidine rings is 1. The molecule has 0 aromatic heterocycles. The van der Waals surface area contributed by atoms with Crippen LogP contribution >= 0.6 is 23.0 Å². The van der Waals surface area contributed by atoms with E-state index < -0.39 is 12.3 Å². The Morgan fingerprint density at radius 2 is 1.86 bits per heavy atom. The van der Waals surface area contributed by atoms with Gasteiger partial charge in [0.15, 0.2) is 6.10 Å². The van der Waals surface area contributed by atoms with Gasteiger partial charge in [0.25, 0.3) is 0 Å². The molecule has 2 nitrogen and oxygen atoms in total. The molecule has 1 rings (SSSR count). The summed E-state index contributed by atoms with van der Waals surface area (Å²) in [6, 6.07) is 0. The van der Waals surface area contributed by atoms with Crippen molar-refractivity contribution in [2.45, 2.75) is 25.1 Å². The first kappa shape index (κ1) is 12.5. The summed E-state index contributed by atoms with van der Waals surface area (Å²) in [6.45, 7) is 1.44. The van der Waals surface area contributed by atoms with Crippen molar-refractivity contribution < 1.29 is 16.2 Å². The van der Waals surface area contributed by atoms with Gasteiger partial charge in [-0.3, -0.25) is 0 Å². The predicted octanol–water partition coefficient (Wildman–Crippen LogP) is 2.63. The van der Waals surface area contributed by atoms with Crippen molar-refractivity contribution in [1.29, 1.82) is 0 Å². The maximum absolute atomic E-state index is 12.5. The van der Waals surface area contributed by atoms with Crippen molar-refractivity contribution in [3.8, 4) is 0 Å². The molecule has 0 N–H and O–H groups in total. The third kappa shape index (κ3) is 3.23. The Morgan fingerprint density at radius 3 is 2.21 bits per heavy atom. The molecule has 1 aliphatic rings. The van der Waals surface area contributed by atoms with Crippen LogP contribution in [0.4, 0.5) is 13.2 Å². The highest BCUT2D eigenvalue weighted by molar-refractivity contribution is 14.1. The molecule has 0 saturated carbocycles. The summed E-state index contributed by atoms with van der Waals surface area (Å²) in [6.07, 6.45) is -4.72. The summed E-state index contributed by atoms with van der Waals surface area (Å²) < 4.78 is 41.9. The van der Waals surface area contributed by atoms with E-state index in [4.69, 9.17) is 0 Å². The highest BCUT2D eigenvalue weighted by Crippen LogP contribution is 2.34. The summed E-state index contributed by atoms with van der Waals surface area (Å²) >= 11 is 1.35. The Kier molecular flexibility index (Phi) is 4.45.